The first-order valence-corrected chi connectivity index (χ1v) is 10.7. The van der Waals surface area contributed by atoms with Crippen molar-refractivity contribution in [3.05, 3.63) is 112 Å². The number of aromatic nitrogens is 1. The molecule has 2 N–H and O–H groups in total. The lowest BCUT2D eigenvalue weighted by atomic mass is 9.99. The summed E-state index contributed by atoms with van der Waals surface area (Å²) in [5.74, 6) is 0.584. The smallest absolute Gasteiger partial charge is 0.256 e. The van der Waals surface area contributed by atoms with Crippen molar-refractivity contribution in [3.8, 4) is 0 Å². The highest BCUT2D eigenvalue weighted by Gasteiger charge is 2.23. The Morgan fingerprint density at radius 2 is 1.70 bits per heavy atom. The third-order valence-electron chi connectivity index (χ3n) is 4.63. The lowest BCUT2D eigenvalue weighted by Gasteiger charge is -2.22. The molecule has 0 aliphatic carbocycles. The van der Waals surface area contributed by atoms with Crippen molar-refractivity contribution in [1.29, 1.82) is 0 Å². The van der Waals surface area contributed by atoms with Crippen LogP contribution in [0.25, 0.3) is 0 Å². The highest BCUT2D eigenvalue weighted by molar-refractivity contribution is 7.16. The van der Waals surface area contributed by atoms with Crippen LogP contribution in [0.15, 0.2) is 85.1 Å². The zero-order chi connectivity index (χ0) is 20.9. The summed E-state index contributed by atoms with van der Waals surface area (Å²) in [6.07, 6.45) is 1.74. The number of hydrogen-bond donors (Lipinski definition) is 2. The summed E-state index contributed by atoms with van der Waals surface area (Å²) in [4.78, 5) is 18.3. The molecular weight excluding hydrogens is 414 g/mol. The largest absolute Gasteiger partial charge is 0.359 e. The maximum Gasteiger partial charge on any atom is 0.256 e. The van der Waals surface area contributed by atoms with Gasteiger partial charge in [0.15, 0.2) is 0 Å². The number of halogens is 1. The van der Waals surface area contributed by atoms with Crippen molar-refractivity contribution < 1.29 is 4.79 Å². The fourth-order valence-electron chi connectivity index (χ4n) is 3.24. The molecule has 0 bridgehead atoms. The first-order valence-electron chi connectivity index (χ1n) is 9.50. The molecule has 2 aromatic carbocycles. The molecule has 1 amide bonds. The van der Waals surface area contributed by atoms with Gasteiger partial charge < -0.3 is 10.6 Å². The van der Waals surface area contributed by atoms with E-state index in [1.165, 1.54) is 0 Å². The summed E-state index contributed by atoms with van der Waals surface area (Å²) in [7, 11) is 0. The predicted molar refractivity (Wildman–Crippen MR) is 125 cm³/mol. The Kier molecular flexibility index (Phi) is 6.12. The fraction of sp³-hybridized carbons (Fsp3) is 0.0833. The Balaban J connectivity index is 1.74. The van der Waals surface area contributed by atoms with Crippen LogP contribution in [0.3, 0.4) is 0 Å². The SMILES string of the molecule is Cc1cc([C@@H](Nc2ccccn2)c2ccccc2Cl)c(NC(=O)c2ccccc2)s1. The van der Waals surface area contributed by atoms with Crippen molar-refractivity contribution in [2.24, 2.45) is 0 Å². The number of anilines is 2. The third-order valence-corrected chi connectivity index (χ3v) is 5.96. The molecule has 4 rings (SSSR count). The van der Waals surface area contributed by atoms with Crippen molar-refractivity contribution in [3.63, 3.8) is 0 Å². The van der Waals surface area contributed by atoms with E-state index in [1.54, 1.807) is 29.7 Å². The van der Waals surface area contributed by atoms with Crippen LogP contribution in [0.1, 0.15) is 32.4 Å². The number of amides is 1. The predicted octanol–water partition coefficient (Wildman–Crippen LogP) is 6.56. The van der Waals surface area contributed by atoms with Crippen LogP contribution in [0.4, 0.5) is 10.8 Å². The first-order chi connectivity index (χ1) is 14.6. The molecule has 0 aliphatic heterocycles. The van der Waals surface area contributed by atoms with Gasteiger partial charge in [0.1, 0.15) is 10.8 Å². The monoisotopic (exact) mass is 433 g/mol. The number of carbonyl (C=O) groups is 1. The molecule has 6 heteroatoms. The average Bonchev–Trinajstić information content (AvgIpc) is 3.13. The van der Waals surface area contributed by atoms with E-state index in [4.69, 9.17) is 11.6 Å². The number of benzene rings is 2. The van der Waals surface area contributed by atoms with Crippen molar-refractivity contribution in [2.75, 3.05) is 10.6 Å². The van der Waals surface area contributed by atoms with Gasteiger partial charge in [-0.25, -0.2) is 4.98 Å². The van der Waals surface area contributed by atoms with Crippen LogP contribution in [-0.2, 0) is 0 Å². The van der Waals surface area contributed by atoms with Gasteiger partial charge in [0.05, 0.1) is 6.04 Å². The average molecular weight is 434 g/mol. The van der Waals surface area contributed by atoms with E-state index in [1.807, 2.05) is 67.6 Å². The topological polar surface area (TPSA) is 54.0 Å². The van der Waals surface area contributed by atoms with Gasteiger partial charge in [-0.15, -0.1) is 11.3 Å². The number of rotatable bonds is 6. The molecule has 1 atom stereocenters. The van der Waals surface area contributed by atoms with Crippen LogP contribution < -0.4 is 10.6 Å². The molecule has 2 aromatic heterocycles. The standard InChI is InChI=1S/C24H20ClN3OS/c1-16-15-19(24(30-16)28-23(29)17-9-3-2-4-10-17)22(18-11-5-6-12-20(18)25)27-21-13-7-8-14-26-21/h2-15,22H,1H3,(H,26,27)(H,28,29)/t22-/m0/s1. The highest BCUT2D eigenvalue weighted by Crippen LogP contribution is 2.39. The second-order valence-electron chi connectivity index (χ2n) is 6.78. The van der Waals surface area contributed by atoms with Crippen molar-refractivity contribution >= 4 is 39.7 Å². The van der Waals surface area contributed by atoms with Gasteiger partial charge >= 0.3 is 0 Å². The molecule has 0 spiro atoms. The summed E-state index contributed by atoms with van der Waals surface area (Å²) in [5, 5.41) is 7.99. The van der Waals surface area contributed by atoms with Gasteiger partial charge in [0.2, 0.25) is 0 Å². The van der Waals surface area contributed by atoms with E-state index in [0.29, 0.717) is 10.6 Å². The lowest BCUT2D eigenvalue weighted by molar-refractivity contribution is 0.102. The van der Waals surface area contributed by atoms with Crippen LogP contribution in [0.2, 0.25) is 5.02 Å². The van der Waals surface area contributed by atoms with E-state index in [9.17, 15) is 4.79 Å². The van der Waals surface area contributed by atoms with E-state index >= 15 is 0 Å². The Morgan fingerprint density at radius 1 is 0.967 bits per heavy atom. The summed E-state index contributed by atoms with van der Waals surface area (Å²) in [6.45, 7) is 2.02. The number of carbonyl (C=O) groups excluding carboxylic acids is 1. The quantitative estimate of drug-likeness (QED) is 0.362. The molecule has 150 valence electrons. The summed E-state index contributed by atoms with van der Waals surface area (Å²) < 4.78 is 0. The number of hydrogen-bond acceptors (Lipinski definition) is 4. The molecule has 4 aromatic rings. The van der Waals surface area contributed by atoms with Crippen LogP contribution in [0, 0.1) is 6.92 Å². The molecule has 0 unspecified atom stereocenters. The minimum absolute atomic E-state index is 0.144. The molecule has 0 fully saturated rings. The van der Waals surface area contributed by atoms with Gasteiger partial charge in [0.25, 0.3) is 5.91 Å². The highest BCUT2D eigenvalue weighted by atomic mass is 35.5. The van der Waals surface area contributed by atoms with Gasteiger partial charge in [-0.2, -0.15) is 0 Å². The van der Waals surface area contributed by atoms with E-state index < -0.39 is 0 Å². The summed E-state index contributed by atoms with van der Waals surface area (Å²) in [6, 6.07) is 24.4. The number of nitrogens with one attached hydrogen (secondary N) is 2. The van der Waals surface area contributed by atoms with Crippen LogP contribution in [0.5, 0.6) is 0 Å². The Hall–Kier alpha value is -3.15. The van der Waals surface area contributed by atoms with E-state index in [0.717, 1.165) is 26.8 Å². The van der Waals surface area contributed by atoms with Crippen LogP contribution in [-0.4, -0.2) is 10.9 Å². The molecule has 2 heterocycles. The number of thiophene rings is 1. The Labute approximate surface area is 184 Å². The first kappa shape index (κ1) is 20.1. The van der Waals surface area contributed by atoms with Gasteiger partial charge in [-0.3, -0.25) is 4.79 Å². The molecule has 0 radical (unpaired) electrons. The minimum Gasteiger partial charge on any atom is -0.359 e. The van der Waals surface area contributed by atoms with Gasteiger partial charge in [-0.05, 0) is 48.9 Å². The maximum absolute atomic E-state index is 12.8. The second kappa shape index (κ2) is 9.11. The van der Waals surface area contributed by atoms with E-state index in [2.05, 4.69) is 21.7 Å². The Morgan fingerprint density at radius 3 is 2.43 bits per heavy atom. The Bertz CT molecular complexity index is 1150. The molecule has 0 saturated heterocycles. The van der Waals surface area contributed by atoms with Crippen molar-refractivity contribution in [2.45, 2.75) is 13.0 Å². The zero-order valence-corrected chi connectivity index (χ0v) is 17.9. The maximum atomic E-state index is 12.8. The zero-order valence-electron chi connectivity index (χ0n) is 16.3. The summed E-state index contributed by atoms with van der Waals surface area (Å²) >= 11 is 8.09. The normalized spacial score (nSPS) is 11.7. The fourth-order valence-corrected chi connectivity index (χ4v) is 4.43. The number of aryl methyl sites for hydroxylation is 1. The molecule has 0 saturated carbocycles. The van der Waals surface area contributed by atoms with E-state index in [-0.39, 0.29) is 11.9 Å². The summed E-state index contributed by atoms with van der Waals surface area (Å²) in [5.41, 5.74) is 2.47. The molecule has 30 heavy (non-hydrogen) atoms. The second-order valence-corrected chi connectivity index (χ2v) is 8.44. The molecule has 0 aliphatic rings. The van der Waals surface area contributed by atoms with Crippen molar-refractivity contribution in [1.82, 2.24) is 4.98 Å². The number of nitrogens with zero attached hydrogens (tertiary/aromatic N) is 1. The van der Waals surface area contributed by atoms with Crippen LogP contribution >= 0.6 is 22.9 Å². The molecular formula is C24H20ClN3OS. The molecule has 4 nitrogen and oxygen atoms in total. The third kappa shape index (κ3) is 4.53. The minimum atomic E-state index is -0.273. The number of pyridine rings is 1. The lowest BCUT2D eigenvalue weighted by Crippen LogP contribution is -2.17. The van der Waals surface area contributed by atoms with Gasteiger partial charge in [0, 0.05) is 27.2 Å². The van der Waals surface area contributed by atoms with Gasteiger partial charge in [-0.1, -0.05) is 54.1 Å².